The quantitative estimate of drug-likeness (QED) is 0.835. The van der Waals surface area contributed by atoms with Crippen LogP contribution in [0.2, 0.25) is 5.02 Å². The van der Waals surface area contributed by atoms with Crippen LogP contribution in [0, 0.1) is 0 Å². The van der Waals surface area contributed by atoms with Crippen molar-refractivity contribution in [2.75, 3.05) is 14.2 Å². The molecule has 0 radical (unpaired) electrons. The van der Waals surface area contributed by atoms with Crippen molar-refractivity contribution in [3.8, 4) is 0 Å². The maximum absolute atomic E-state index is 12.4. The fourth-order valence-electron chi connectivity index (χ4n) is 1.84. The number of benzene rings is 1. The minimum atomic E-state index is -0.852. The molecule has 2 amide bonds. The maximum atomic E-state index is 12.4. The number of alkyl carbamates (subject to hydrolysis) is 1. The molecule has 128 valence electrons. The van der Waals surface area contributed by atoms with E-state index in [1.54, 1.807) is 39.0 Å². The predicted octanol–water partition coefficient (Wildman–Crippen LogP) is 2.80. The van der Waals surface area contributed by atoms with Gasteiger partial charge >= 0.3 is 6.09 Å². The van der Waals surface area contributed by atoms with Crippen LogP contribution < -0.4 is 5.32 Å². The summed E-state index contributed by atoms with van der Waals surface area (Å²) >= 11 is 6.13. The number of nitrogens with one attached hydrogen (secondary N) is 1. The molecule has 0 saturated heterocycles. The fourth-order valence-corrected chi connectivity index (χ4v) is 2.06. The SMILES string of the molecule is CON(C)C(=O)[C@H](Cc1ccccc1Cl)NC(=O)OC(C)(C)C. The summed E-state index contributed by atoms with van der Waals surface area (Å²) in [6.07, 6.45) is -0.446. The van der Waals surface area contributed by atoms with Crippen LogP contribution in [0.4, 0.5) is 4.79 Å². The van der Waals surface area contributed by atoms with E-state index in [2.05, 4.69) is 5.32 Å². The number of ether oxygens (including phenoxy) is 1. The molecule has 0 aliphatic carbocycles. The molecular formula is C16H23ClN2O4. The van der Waals surface area contributed by atoms with E-state index in [4.69, 9.17) is 21.2 Å². The Morgan fingerprint density at radius 2 is 1.91 bits per heavy atom. The third kappa shape index (κ3) is 6.46. The van der Waals surface area contributed by atoms with Crippen molar-refractivity contribution in [1.29, 1.82) is 0 Å². The van der Waals surface area contributed by atoms with Crippen molar-refractivity contribution < 1.29 is 19.2 Å². The predicted molar refractivity (Wildman–Crippen MR) is 88.1 cm³/mol. The number of nitrogens with zero attached hydrogens (tertiary/aromatic N) is 1. The lowest BCUT2D eigenvalue weighted by atomic mass is 10.1. The van der Waals surface area contributed by atoms with E-state index < -0.39 is 23.6 Å². The van der Waals surface area contributed by atoms with E-state index in [1.807, 2.05) is 6.07 Å². The first-order chi connectivity index (χ1) is 10.6. The number of hydrogen-bond acceptors (Lipinski definition) is 4. The summed E-state index contributed by atoms with van der Waals surface area (Å²) in [5, 5.41) is 4.15. The normalized spacial score (nSPS) is 12.4. The summed E-state index contributed by atoms with van der Waals surface area (Å²) in [7, 11) is 2.84. The molecule has 0 bridgehead atoms. The van der Waals surface area contributed by atoms with E-state index in [-0.39, 0.29) is 6.42 Å². The van der Waals surface area contributed by atoms with Crippen molar-refractivity contribution in [2.45, 2.75) is 38.8 Å². The molecule has 0 aliphatic rings. The minimum Gasteiger partial charge on any atom is -0.444 e. The summed E-state index contributed by atoms with van der Waals surface area (Å²) in [4.78, 5) is 29.3. The minimum absolute atomic E-state index is 0.228. The molecule has 0 heterocycles. The van der Waals surface area contributed by atoms with Gasteiger partial charge in [0.1, 0.15) is 11.6 Å². The molecule has 1 aromatic carbocycles. The number of carbonyl (C=O) groups is 2. The van der Waals surface area contributed by atoms with Crippen LogP contribution in [0.5, 0.6) is 0 Å². The monoisotopic (exact) mass is 342 g/mol. The summed E-state index contributed by atoms with van der Waals surface area (Å²) in [6.45, 7) is 5.25. The maximum Gasteiger partial charge on any atom is 0.408 e. The number of carbonyl (C=O) groups excluding carboxylic acids is 2. The number of rotatable bonds is 5. The Bertz CT molecular complexity index is 557. The standard InChI is InChI=1S/C16H23ClN2O4/c1-16(2,3)23-15(21)18-13(14(20)19(4)22-5)10-11-8-6-7-9-12(11)17/h6-9,13H,10H2,1-5H3,(H,18,21)/t13-/m0/s1. The highest BCUT2D eigenvalue weighted by atomic mass is 35.5. The summed E-state index contributed by atoms with van der Waals surface area (Å²) < 4.78 is 5.21. The van der Waals surface area contributed by atoms with Crippen LogP contribution in [0.1, 0.15) is 26.3 Å². The van der Waals surface area contributed by atoms with E-state index >= 15 is 0 Å². The highest BCUT2D eigenvalue weighted by molar-refractivity contribution is 6.31. The van der Waals surface area contributed by atoms with Gasteiger partial charge in [-0.2, -0.15) is 0 Å². The lowest BCUT2D eigenvalue weighted by molar-refractivity contribution is -0.171. The average Bonchev–Trinajstić information content (AvgIpc) is 2.45. The molecule has 1 rings (SSSR count). The van der Waals surface area contributed by atoms with Gasteiger partial charge in [-0.25, -0.2) is 9.86 Å². The zero-order chi connectivity index (χ0) is 17.6. The largest absolute Gasteiger partial charge is 0.444 e. The van der Waals surface area contributed by atoms with Gasteiger partial charge in [0.15, 0.2) is 0 Å². The Hall–Kier alpha value is -1.79. The highest BCUT2D eigenvalue weighted by Crippen LogP contribution is 2.17. The van der Waals surface area contributed by atoms with E-state index in [0.29, 0.717) is 5.02 Å². The molecule has 0 fully saturated rings. The van der Waals surface area contributed by atoms with Gasteiger partial charge in [0.2, 0.25) is 0 Å². The van der Waals surface area contributed by atoms with E-state index in [0.717, 1.165) is 10.6 Å². The summed E-state index contributed by atoms with van der Waals surface area (Å²) in [6, 6.07) is 6.29. The Labute approximate surface area is 141 Å². The topological polar surface area (TPSA) is 67.9 Å². The first-order valence-corrected chi connectivity index (χ1v) is 7.56. The highest BCUT2D eigenvalue weighted by Gasteiger charge is 2.27. The van der Waals surface area contributed by atoms with Crippen LogP contribution >= 0.6 is 11.6 Å². The zero-order valence-electron chi connectivity index (χ0n) is 14.1. The molecule has 0 spiro atoms. The molecule has 1 atom stereocenters. The Kier molecular flexibility index (Phi) is 6.84. The Morgan fingerprint density at radius 1 is 1.30 bits per heavy atom. The van der Waals surface area contributed by atoms with Gasteiger partial charge in [-0.15, -0.1) is 0 Å². The van der Waals surface area contributed by atoms with Crippen molar-refractivity contribution >= 4 is 23.6 Å². The van der Waals surface area contributed by atoms with Gasteiger partial charge in [-0.3, -0.25) is 9.63 Å². The Balaban J connectivity index is 2.92. The zero-order valence-corrected chi connectivity index (χ0v) is 14.8. The lowest BCUT2D eigenvalue weighted by Gasteiger charge is -2.25. The number of amides is 2. The Morgan fingerprint density at radius 3 is 2.43 bits per heavy atom. The van der Waals surface area contributed by atoms with Crippen molar-refractivity contribution in [3.63, 3.8) is 0 Å². The molecule has 23 heavy (non-hydrogen) atoms. The van der Waals surface area contributed by atoms with Gasteiger partial charge in [-0.05, 0) is 32.4 Å². The molecule has 0 unspecified atom stereocenters. The average molecular weight is 343 g/mol. The number of halogens is 1. The molecule has 6 nitrogen and oxygen atoms in total. The first-order valence-electron chi connectivity index (χ1n) is 7.18. The van der Waals surface area contributed by atoms with Crippen LogP contribution in [0.3, 0.4) is 0 Å². The van der Waals surface area contributed by atoms with Crippen molar-refractivity contribution in [2.24, 2.45) is 0 Å². The van der Waals surface area contributed by atoms with Gasteiger partial charge < -0.3 is 10.1 Å². The van der Waals surface area contributed by atoms with E-state index in [9.17, 15) is 9.59 Å². The second kappa shape index (κ2) is 8.17. The smallest absolute Gasteiger partial charge is 0.408 e. The molecule has 1 N–H and O–H groups in total. The van der Waals surface area contributed by atoms with Gasteiger partial charge in [0.25, 0.3) is 5.91 Å². The van der Waals surface area contributed by atoms with Gasteiger partial charge in [0, 0.05) is 18.5 Å². The fraction of sp³-hybridized carbons (Fsp3) is 0.500. The van der Waals surface area contributed by atoms with Crippen LogP contribution in [0.15, 0.2) is 24.3 Å². The molecule has 0 aliphatic heterocycles. The van der Waals surface area contributed by atoms with Crippen molar-refractivity contribution in [1.82, 2.24) is 10.4 Å². The van der Waals surface area contributed by atoms with Crippen LogP contribution in [0.25, 0.3) is 0 Å². The molecule has 0 aromatic heterocycles. The molecule has 0 saturated carbocycles. The number of hydroxylamine groups is 2. The van der Waals surface area contributed by atoms with Crippen molar-refractivity contribution in [3.05, 3.63) is 34.9 Å². The van der Waals surface area contributed by atoms with Crippen LogP contribution in [-0.4, -0.2) is 42.9 Å². The number of likely N-dealkylation sites (N-methyl/N-ethyl adjacent to an activating group) is 1. The molecular weight excluding hydrogens is 320 g/mol. The molecule has 7 heteroatoms. The molecule has 1 aromatic rings. The van der Waals surface area contributed by atoms with Crippen LogP contribution in [-0.2, 0) is 20.8 Å². The second-order valence-electron chi connectivity index (χ2n) is 6.01. The van der Waals surface area contributed by atoms with E-state index in [1.165, 1.54) is 14.2 Å². The van der Waals surface area contributed by atoms with Gasteiger partial charge in [-0.1, -0.05) is 29.8 Å². The summed E-state index contributed by atoms with van der Waals surface area (Å²) in [5.41, 5.74) is 0.0861. The first kappa shape index (κ1) is 19.3. The van der Waals surface area contributed by atoms with Gasteiger partial charge in [0.05, 0.1) is 7.11 Å². The third-order valence-electron chi connectivity index (χ3n) is 2.96. The second-order valence-corrected chi connectivity index (χ2v) is 6.42. The third-order valence-corrected chi connectivity index (χ3v) is 3.32. The number of hydrogen-bond donors (Lipinski definition) is 1. The lowest BCUT2D eigenvalue weighted by Crippen LogP contribution is -2.49. The summed E-state index contributed by atoms with van der Waals surface area (Å²) in [5.74, 6) is -0.404.